The summed E-state index contributed by atoms with van der Waals surface area (Å²) >= 11 is 0. The van der Waals surface area contributed by atoms with Crippen molar-refractivity contribution in [3.63, 3.8) is 0 Å². The van der Waals surface area contributed by atoms with E-state index in [0.29, 0.717) is 5.82 Å². The van der Waals surface area contributed by atoms with Crippen LogP contribution in [-0.4, -0.2) is 15.0 Å². The van der Waals surface area contributed by atoms with Crippen molar-refractivity contribution < 1.29 is 8.83 Å². The molecule has 0 aliphatic carbocycles. The lowest BCUT2D eigenvalue weighted by Crippen LogP contribution is -1.97. The van der Waals surface area contributed by atoms with Crippen molar-refractivity contribution in [2.75, 3.05) is 0 Å². The van der Waals surface area contributed by atoms with Gasteiger partial charge in [0.2, 0.25) is 0 Å². The van der Waals surface area contributed by atoms with Crippen LogP contribution in [-0.2, 0) is 0 Å². The van der Waals surface area contributed by atoms with Gasteiger partial charge in [0.25, 0.3) is 0 Å². The first-order valence-corrected chi connectivity index (χ1v) is 17.3. The van der Waals surface area contributed by atoms with E-state index in [1.165, 1.54) is 0 Å². The lowest BCUT2D eigenvalue weighted by atomic mass is 9.95. The molecule has 0 atom stereocenters. The van der Waals surface area contributed by atoms with Crippen molar-refractivity contribution in [3.05, 3.63) is 164 Å². The molecule has 0 N–H and O–H groups in total. The Morgan fingerprint density at radius 2 is 0.923 bits per heavy atom. The summed E-state index contributed by atoms with van der Waals surface area (Å²) in [5, 5.41) is 7.61. The molecule has 0 radical (unpaired) electrons. The number of pyridine rings is 1. The monoisotopic (exact) mass is 665 g/mol. The quantitative estimate of drug-likeness (QED) is 0.175. The zero-order valence-electron chi connectivity index (χ0n) is 27.7. The van der Waals surface area contributed by atoms with Crippen LogP contribution >= 0.6 is 0 Å². The predicted molar refractivity (Wildman–Crippen MR) is 211 cm³/mol. The van der Waals surface area contributed by atoms with Gasteiger partial charge < -0.3 is 8.83 Å². The van der Waals surface area contributed by atoms with Gasteiger partial charge in [0, 0.05) is 60.0 Å². The average Bonchev–Trinajstić information content (AvgIpc) is 3.79. The van der Waals surface area contributed by atoms with Crippen molar-refractivity contribution in [1.29, 1.82) is 0 Å². The molecular weight excluding hydrogens is 639 g/mol. The smallest absolute Gasteiger partial charge is 0.160 e. The summed E-state index contributed by atoms with van der Waals surface area (Å²) in [5.74, 6) is 0.623. The fourth-order valence-corrected chi connectivity index (χ4v) is 7.63. The number of aromatic nitrogens is 3. The van der Waals surface area contributed by atoms with Gasteiger partial charge in [-0.15, -0.1) is 0 Å². The Morgan fingerprint density at radius 3 is 1.73 bits per heavy atom. The summed E-state index contributed by atoms with van der Waals surface area (Å²) in [4.78, 5) is 15.7. The molecular formula is C47H27N3O2. The van der Waals surface area contributed by atoms with Crippen molar-refractivity contribution in [2.24, 2.45) is 0 Å². The number of nitrogens with zero attached hydrogens (tertiary/aromatic N) is 3. The van der Waals surface area contributed by atoms with Crippen LogP contribution < -0.4 is 0 Å². The molecule has 0 aliphatic heterocycles. The minimum atomic E-state index is 0.623. The van der Waals surface area contributed by atoms with Gasteiger partial charge in [0.1, 0.15) is 22.3 Å². The van der Waals surface area contributed by atoms with Gasteiger partial charge in [0.05, 0.1) is 22.6 Å². The summed E-state index contributed by atoms with van der Waals surface area (Å²) in [6, 6.07) is 56.0. The summed E-state index contributed by atoms with van der Waals surface area (Å²) in [7, 11) is 0. The molecule has 0 aliphatic rings. The highest BCUT2D eigenvalue weighted by atomic mass is 16.3. The van der Waals surface area contributed by atoms with E-state index >= 15 is 0 Å². The third-order valence-electron chi connectivity index (χ3n) is 10.1. The molecule has 0 amide bonds. The lowest BCUT2D eigenvalue weighted by molar-refractivity contribution is 0.668. The lowest BCUT2D eigenvalue weighted by Gasteiger charge is -2.13. The topological polar surface area (TPSA) is 65.0 Å². The number of para-hydroxylation sites is 2. The molecule has 242 valence electrons. The molecule has 11 rings (SSSR count). The number of benzene rings is 7. The van der Waals surface area contributed by atoms with Gasteiger partial charge >= 0.3 is 0 Å². The molecule has 5 heteroatoms. The SMILES string of the molecule is c1ccc(-c2cc(-c3ccc4c(c3)oc3ccccc34)nc(-c3ccc4c(c3)nc(-c3ccccc3)c3ccc5oc6ccccc6c5c34)n2)cc1. The normalized spacial score (nSPS) is 11.8. The molecule has 0 unspecified atom stereocenters. The molecule has 0 saturated heterocycles. The largest absolute Gasteiger partial charge is 0.456 e. The number of furan rings is 2. The zero-order chi connectivity index (χ0) is 34.2. The fraction of sp³-hybridized carbons (Fsp3) is 0. The van der Waals surface area contributed by atoms with Crippen LogP contribution in [0.3, 0.4) is 0 Å². The third-order valence-corrected chi connectivity index (χ3v) is 10.1. The molecule has 0 bridgehead atoms. The van der Waals surface area contributed by atoms with Crippen LogP contribution in [0.1, 0.15) is 0 Å². The maximum Gasteiger partial charge on any atom is 0.160 e. The second-order valence-electron chi connectivity index (χ2n) is 13.2. The van der Waals surface area contributed by atoms with Crippen molar-refractivity contribution >= 4 is 65.6 Å². The molecule has 7 aromatic carbocycles. The van der Waals surface area contributed by atoms with Crippen molar-refractivity contribution in [3.8, 4) is 45.2 Å². The van der Waals surface area contributed by atoms with Crippen LogP contribution in [0.2, 0.25) is 0 Å². The van der Waals surface area contributed by atoms with Gasteiger partial charge in [-0.2, -0.15) is 0 Å². The molecule has 0 fully saturated rings. The minimum Gasteiger partial charge on any atom is -0.456 e. The van der Waals surface area contributed by atoms with Crippen molar-refractivity contribution in [2.45, 2.75) is 0 Å². The Morgan fingerprint density at radius 1 is 0.327 bits per heavy atom. The number of fused-ring (bicyclic) bond motifs is 10. The number of hydrogen-bond donors (Lipinski definition) is 0. The maximum atomic E-state index is 6.36. The fourth-order valence-electron chi connectivity index (χ4n) is 7.63. The Balaban J connectivity index is 1.16. The second-order valence-corrected chi connectivity index (χ2v) is 13.2. The molecule has 52 heavy (non-hydrogen) atoms. The van der Waals surface area contributed by atoms with Crippen LogP contribution in [0.15, 0.2) is 173 Å². The van der Waals surface area contributed by atoms with Gasteiger partial charge in [-0.3, -0.25) is 0 Å². The van der Waals surface area contributed by atoms with E-state index in [1.807, 2.05) is 54.6 Å². The molecule has 11 aromatic rings. The Hall–Kier alpha value is -7.11. The van der Waals surface area contributed by atoms with E-state index in [1.54, 1.807) is 0 Å². The van der Waals surface area contributed by atoms with E-state index in [4.69, 9.17) is 23.8 Å². The van der Waals surface area contributed by atoms with Gasteiger partial charge in [-0.25, -0.2) is 15.0 Å². The average molecular weight is 666 g/mol. The van der Waals surface area contributed by atoms with E-state index in [0.717, 1.165) is 105 Å². The first-order valence-electron chi connectivity index (χ1n) is 17.3. The zero-order valence-corrected chi connectivity index (χ0v) is 27.7. The van der Waals surface area contributed by atoms with Crippen LogP contribution in [0.5, 0.6) is 0 Å². The summed E-state index contributed by atoms with van der Waals surface area (Å²) in [6.07, 6.45) is 0. The minimum absolute atomic E-state index is 0.623. The standard InChI is InChI=1S/C47H27N3O2/c1-3-11-28(12-4-1)37-27-38(30-19-21-33-32-15-7-9-17-40(32)52-43(33)26-30)50-47(49-37)31-20-22-34-39(25-31)48-46(29-13-5-2-6-14-29)36-23-24-42-45(44(34)36)35-16-8-10-18-41(35)51-42/h1-27H. The first-order chi connectivity index (χ1) is 25.7. The third kappa shape index (κ3) is 4.46. The Kier molecular flexibility index (Phi) is 6.18. The van der Waals surface area contributed by atoms with Crippen LogP contribution in [0.4, 0.5) is 0 Å². The molecule has 5 nitrogen and oxygen atoms in total. The highest BCUT2D eigenvalue weighted by Crippen LogP contribution is 2.42. The second kappa shape index (κ2) is 11.2. The first kappa shape index (κ1) is 28.7. The van der Waals surface area contributed by atoms with Gasteiger partial charge in [-0.1, -0.05) is 115 Å². The highest BCUT2D eigenvalue weighted by Gasteiger charge is 2.19. The Labute approximate surface area is 297 Å². The summed E-state index contributed by atoms with van der Waals surface area (Å²) < 4.78 is 12.6. The highest BCUT2D eigenvalue weighted by molar-refractivity contribution is 6.28. The number of hydrogen-bond acceptors (Lipinski definition) is 5. The maximum absolute atomic E-state index is 6.36. The molecule has 0 spiro atoms. The van der Waals surface area contributed by atoms with E-state index in [2.05, 4.69) is 109 Å². The number of rotatable bonds is 4. The van der Waals surface area contributed by atoms with Crippen LogP contribution in [0, 0.1) is 0 Å². The van der Waals surface area contributed by atoms with Crippen LogP contribution in [0.25, 0.3) is 111 Å². The molecule has 4 heterocycles. The summed E-state index contributed by atoms with van der Waals surface area (Å²) in [5.41, 5.74) is 10.8. The van der Waals surface area contributed by atoms with E-state index in [-0.39, 0.29) is 0 Å². The van der Waals surface area contributed by atoms with E-state index < -0.39 is 0 Å². The summed E-state index contributed by atoms with van der Waals surface area (Å²) in [6.45, 7) is 0. The predicted octanol–water partition coefficient (Wildman–Crippen LogP) is 12.6. The van der Waals surface area contributed by atoms with Gasteiger partial charge in [-0.05, 0) is 48.5 Å². The van der Waals surface area contributed by atoms with Crippen molar-refractivity contribution in [1.82, 2.24) is 15.0 Å². The van der Waals surface area contributed by atoms with Gasteiger partial charge in [0.15, 0.2) is 5.82 Å². The Bertz CT molecular complexity index is 3180. The molecule has 4 aromatic heterocycles. The van der Waals surface area contributed by atoms with E-state index in [9.17, 15) is 0 Å². The molecule has 0 saturated carbocycles.